The number of fused-ring (bicyclic) bond motifs is 1. The Hall–Kier alpha value is -3.24. The monoisotopic (exact) mass is 619 g/mol. The smallest absolute Gasteiger partial charge is 0.410 e. The van der Waals surface area contributed by atoms with E-state index in [4.69, 9.17) is 9.72 Å². The van der Waals surface area contributed by atoms with Crippen molar-refractivity contribution in [2.45, 2.75) is 85.6 Å². The molecular formula is C32H47F6N3O2. The first-order valence-corrected chi connectivity index (χ1v) is 14.5. The van der Waals surface area contributed by atoms with E-state index in [9.17, 15) is 31.1 Å². The zero-order chi connectivity index (χ0) is 33.1. The first kappa shape index (κ1) is 39.8. The minimum atomic E-state index is -4.27. The summed E-state index contributed by atoms with van der Waals surface area (Å²) < 4.78 is 73.4. The molecule has 43 heavy (non-hydrogen) atoms. The van der Waals surface area contributed by atoms with Gasteiger partial charge in [0.25, 0.3) is 0 Å². The van der Waals surface area contributed by atoms with Gasteiger partial charge in [0.15, 0.2) is 0 Å². The van der Waals surface area contributed by atoms with Gasteiger partial charge in [0.1, 0.15) is 5.82 Å². The van der Waals surface area contributed by atoms with E-state index in [-0.39, 0.29) is 20.0 Å². The number of ether oxygens (including phenoxy) is 1. The number of methoxy groups -OCH3 is 1. The highest BCUT2D eigenvalue weighted by Gasteiger charge is 2.25. The molecule has 1 amide bonds. The standard InChI is InChI=1S/C25H32F3N3O2.C3H6.C2H3F3.C2H6/c1-3-30(17-19-10-4-5-11-19)23-21(16-20-12-6-7-13-22(20)29-23)18-31(24(32)33-2)15-9-8-14-25(26,27)28;1-3-2;1-2(3,4)5;1-2/h6-9,12-13,16,19H,3-5,10-11,14-15,17-18H2,1-2H3;3H,1H2,2H3;1H3;1-2H3/b9-8+;;;. The number of aromatic nitrogens is 1. The van der Waals surface area contributed by atoms with E-state index in [1.807, 2.05) is 51.1 Å². The molecule has 5 nitrogen and oxygen atoms in total. The Kier molecular flexibility index (Phi) is 19.1. The molecule has 1 saturated carbocycles. The maximum absolute atomic E-state index is 12.5. The molecule has 0 aliphatic heterocycles. The number of hydrogen-bond acceptors (Lipinski definition) is 4. The van der Waals surface area contributed by atoms with E-state index in [1.165, 1.54) is 43.8 Å². The molecule has 0 spiro atoms. The van der Waals surface area contributed by atoms with Crippen LogP contribution in [0.3, 0.4) is 0 Å². The van der Waals surface area contributed by atoms with Crippen molar-refractivity contribution >= 4 is 22.8 Å². The molecule has 0 N–H and O–H groups in total. The fraction of sp³-hybridized carbons (Fsp3) is 0.562. The summed E-state index contributed by atoms with van der Waals surface area (Å²) in [7, 11) is 1.27. The molecule has 0 radical (unpaired) electrons. The number of anilines is 1. The van der Waals surface area contributed by atoms with E-state index in [2.05, 4.69) is 18.4 Å². The van der Waals surface area contributed by atoms with Gasteiger partial charge in [-0.2, -0.15) is 26.3 Å². The van der Waals surface area contributed by atoms with Crippen molar-refractivity contribution in [2.75, 3.05) is 31.6 Å². The number of amides is 1. The van der Waals surface area contributed by atoms with Gasteiger partial charge >= 0.3 is 18.4 Å². The first-order valence-electron chi connectivity index (χ1n) is 14.5. The van der Waals surface area contributed by atoms with Crippen LogP contribution in [0.2, 0.25) is 0 Å². The molecule has 1 aliphatic carbocycles. The molecule has 244 valence electrons. The molecule has 0 atom stereocenters. The van der Waals surface area contributed by atoms with E-state index >= 15 is 0 Å². The van der Waals surface area contributed by atoms with Crippen LogP contribution in [0.15, 0.2) is 55.1 Å². The van der Waals surface area contributed by atoms with Crippen LogP contribution in [0.5, 0.6) is 0 Å². The van der Waals surface area contributed by atoms with Crippen LogP contribution in [0.4, 0.5) is 37.0 Å². The SMILES string of the molecule is C=CC.CC.CC(F)(F)F.CCN(CC1CCCC1)c1nc2ccccc2cc1CN(C/C=C/CC(F)(F)F)C(=O)OC. The number of pyridine rings is 1. The second-order valence-corrected chi connectivity index (χ2v) is 9.68. The second-order valence-electron chi connectivity index (χ2n) is 9.68. The highest BCUT2D eigenvalue weighted by Crippen LogP contribution is 2.30. The number of allylic oxidation sites excluding steroid dienone is 2. The summed E-state index contributed by atoms with van der Waals surface area (Å²) in [5, 5.41) is 0.950. The average Bonchev–Trinajstić information content (AvgIpc) is 3.46. The largest absolute Gasteiger partial charge is 0.453 e. The van der Waals surface area contributed by atoms with E-state index in [0.717, 1.165) is 41.4 Å². The van der Waals surface area contributed by atoms with Crippen LogP contribution in [0.25, 0.3) is 10.9 Å². The van der Waals surface area contributed by atoms with E-state index < -0.39 is 24.9 Å². The third kappa shape index (κ3) is 17.5. The van der Waals surface area contributed by atoms with Gasteiger partial charge in [-0.1, -0.05) is 63.1 Å². The highest BCUT2D eigenvalue weighted by molar-refractivity contribution is 5.82. The van der Waals surface area contributed by atoms with Gasteiger partial charge in [-0.25, -0.2) is 9.78 Å². The Labute approximate surface area is 252 Å². The van der Waals surface area contributed by atoms with Crippen molar-refractivity contribution in [3.63, 3.8) is 0 Å². The molecule has 3 rings (SSSR count). The number of carbonyl (C=O) groups is 1. The zero-order valence-corrected chi connectivity index (χ0v) is 26.2. The molecular weight excluding hydrogens is 572 g/mol. The van der Waals surface area contributed by atoms with Gasteiger partial charge in [-0.3, -0.25) is 0 Å². The van der Waals surface area contributed by atoms with Crippen LogP contribution in [-0.2, 0) is 11.3 Å². The minimum Gasteiger partial charge on any atom is -0.453 e. The van der Waals surface area contributed by atoms with Crippen molar-refractivity contribution < 1.29 is 35.9 Å². The van der Waals surface area contributed by atoms with Crippen LogP contribution < -0.4 is 4.90 Å². The van der Waals surface area contributed by atoms with E-state index in [1.54, 1.807) is 6.08 Å². The lowest BCUT2D eigenvalue weighted by Crippen LogP contribution is -2.34. The van der Waals surface area contributed by atoms with Crippen molar-refractivity contribution in [2.24, 2.45) is 5.92 Å². The molecule has 0 bridgehead atoms. The summed E-state index contributed by atoms with van der Waals surface area (Å²) in [5.74, 6) is 1.43. The van der Waals surface area contributed by atoms with Crippen molar-refractivity contribution in [1.82, 2.24) is 9.88 Å². The maximum Gasteiger partial charge on any atom is 0.410 e. The Bertz CT molecular complexity index is 1090. The lowest BCUT2D eigenvalue weighted by Gasteiger charge is -2.29. The van der Waals surface area contributed by atoms with Crippen molar-refractivity contribution in [3.05, 3.63) is 60.7 Å². The number of para-hydroxylation sites is 1. The molecule has 1 heterocycles. The fourth-order valence-corrected chi connectivity index (χ4v) is 4.37. The quantitative estimate of drug-likeness (QED) is 0.207. The van der Waals surface area contributed by atoms with Gasteiger partial charge in [0.05, 0.1) is 25.6 Å². The molecule has 1 aromatic heterocycles. The number of nitrogens with zero attached hydrogens (tertiary/aromatic N) is 3. The number of halogens is 6. The molecule has 11 heteroatoms. The van der Waals surface area contributed by atoms with Gasteiger partial charge in [-0.15, -0.1) is 6.58 Å². The summed E-state index contributed by atoms with van der Waals surface area (Å²) in [6, 6.07) is 9.82. The number of benzene rings is 1. The summed E-state index contributed by atoms with van der Waals surface area (Å²) >= 11 is 0. The predicted molar refractivity (Wildman–Crippen MR) is 163 cm³/mol. The summed E-state index contributed by atoms with van der Waals surface area (Å²) in [4.78, 5) is 21.0. The Morgan fingerprint density at radius 1 is 1.09 bits per heavy atom. The maximum atomic E-state index is 12.5. The number of alkyl halides is 6. The highest BCUT2D eigenvalue weighted by atomic mass is 19.4. The van der Waals surface area contributed by atoms with Gasteiger partial charge in [0, 0.05) is 37.5 Å². The molecule has 2 aromatic rings. The second kappa shape index (κ2) is 20.6. The third-order valence-corrected chi connectivity index (χ3v) is 6.05. The van der Waals surface area contributed by atoms with Crippen LogP contribution in [0, 0.1) is 5.92 Å². The van der Waals surface area contributed by atoms with Gasteiger partial charge < -0.3 is 14.5 Å². The topological polar surface area (TPSA) is 45.7 Å². The Morgan fingerprint density at radius 2 is 1.65 bits per heavy atom. The number of rotatable bonds is 9. The van der Waals surface area contributed by atoms with Crippen LogP contribution in [0.1, 0.15) is 72.3 Å². The Morgan fingerprint density at radius 3 is 2.16 bits per heavy atom. The molecule has 1 aromatic carbocycles. The van der Waals surface area contributed by atoms with Gasteiger partial charge in [0.2, 0.25) is 0 Å². The molecule has 1 aliphatic rings. The predicted octanol–water partition coefficient (Wildman–Crippen LogP) is 10.1. The average molecular weight is 620 g/mol. The lowest BCUT2D eigenvalue weighted by atomic mass is 10.1. The van der Waals surface area contributed by atoms with Gasteiger partial charge in [-0.05, 0) is 44.7 Å². The fourth-order valence-electron chi connectivity index (χ4n) is 4.37. The lowest BCUT2D eigenvalue weighted by molar-refractivity contribution is -0.125. The van der Waals surface area contributed by atoms with Crippen molar-refractivity contribution in [1.29, 1.82) is 0 Å². The molecule has 0 unspecified atom stereocenters. The van der Waals surface area contributed by atoms with Crippen LogP contribution >= 0.6 is 0 Å². The summed E-state index contributed by atoms with van der Waals surface area (Å²) in [5.41, 5.74) is 1.72. The molecule has 0 saturated heterocycles. The minimum absolute atomic E-state index is 0.0176. The number of hydrogen-bond donors (Lipinski definition) is 0. The van der Waals surface area contributed by atoms with Crippen molar-refractivity contribution in [3.8, 4) is 0 Å². The van der Waals surface area contributed by atoms with E-state index in [0.29, 0.717) is 5.92 Å². The molecule has 1 fully saturated rings. The zero-order valence-electron chi connectivity index (χ0n) is 26.2. The van der Waals surface area contributed by atoms with Crippen LogP contribution in [-0.4, -0.2) is 55.1 Å². The normalized spacial score (nSPS) is 13.2. The third-order valence-electron chi connectivity index (χ3n) is 6.05. The summed E-state index contributed by atoms with van der Waals surface area (Å²) in [6.45, 7) is 13.4. The summed E-state index contributed by atoms with van der Waals surface area (Å²) in [6.07, 6.45) is -0.844. The number of carbonyl (C=O) groups excluding carboxylic acids is 1. The Balaban J connectivity index is 0.00000155. The first-order chi connectivity index (χ1) is 20.2.